The van der Waals surface area contributed by atoms with E-state index in [4.69, 9.17) is 0 Å². The number of nitrogens with zero attached hydrogens (tertiary/aromatic N) is 2. The Kier molecular flexibility index (Phi) is 8.68. The van der Waals surface area contributed by atoms with Crippen molar-refractivity contribution in [1.29, 1.82) is 0 Å². The SMILES string of the molecule is CN1c2cc3ccccc3cc2P([Si](C)(C)C)c2cc3ccccc3cc2N(C)c2cc3ccccc3cc2[P+](C)([Si](C)(C)C)c2cc3ccccc3cc21. The summed E-state index contributed by atoms with van der Waals surface area (Å²) in [6, 6.07) is 56.5. The van der Waals surface area contributed by atoms with Gasteiger partial charge < -0.3 is 9.80 Å². The van der Waals surface area contributed by atoms with Crippen LogP contribution in [0.1, 0.15) is 0 Å². The van der Waals surface area contributed by atoms with Crippen LogP contribution in [0.15, 0.2) is 146 Å². The van der Waals surface area contributed by atoms with Gasteiger partial charge in [0.05, 0.1) is 19.1 Å². The van der Waals surface area contributed by atoms with Crippen LogP contribution < -0.4 is 31.0 Å². The van der Waals surface area contributed by atoms with Gasteiger partial charge in [-0.1, -0.05) is 124 Å². The van der Waals surface area contributed by atoms with Gasteiger partial charge in [-0.05, 0) is 111 Å². The van der Waals surface area contributed by atoms with Crippen LogP contribution >= 0.6 is 14.3 Å². The van der Waals surface area contributed by atoms with Crippen molar-refractivity contribution in [3.63, 3.8) is 0 Å². The second kappa shape index (κ2) is 13.1. The maximum atomic E-state index is 2.69. The Hall–Kier alpha value is -4.31. The highest BCUT2D eigenvalue weighted by atomic mass is 31.4. The van der Waals surface area contributed by atoms with E-state index in [1.165, 1.54) is 87.1 Å². The maximum Gasteiger partial charge on any atom is 0.232 e. The number of rotatable bonds is 2. The van der Waals surface area contributed by atoms with Crippen LogP contribution in [0.3, 0.4) is 0 Å². The van der Waals surface area contributed by atoms with Gasteiger partial charge in [-0.15, -0.1) is 0 Å². The van der Waals surface area contributed by atoms with E-state index in [1.54, 1.807) is 0 Å². The molecule has 0 N–H and O–H groups in total. The third-order valence-electron chi connectivity index (χ3n) is 12.3. The summed E-state index contributed by atoms with van der Waals surface area (Å²) in [5, 5.41) is 16.5. The summed E-state index contributed by atoms with van der Waals surface area (Å²) in [6.45, 7) is 16.3. The Balaban J connectivity index is 1.52. The molecule has 8 aromatic rings. The van der Waals surface area contributed by atoms with Crippen molar-refractivity contribution in [3.05, 3.63) is 146 Å². The zero-order valence-electron chi connectivity index (χ0n) is 33.6. The molecule has 9 rings (SSSR count). The number of fused-ring (bicyclic) bond motifs is 8. The minimum Gasteiger partial charge on any atom is -0.341 e. The number of benzene rings is 8. The topological polar surface area (TPSA) is 6.48 Å². The average Bonchev–Trinajstić information content (AvgIpc) is 3.17. The highest BCUT2D eigenvalue weighted by molar-refractivity contribution is 8.17. The fourth-order valence-electron chi connectivity index (χ4n) is 8.98. The molecule has 0 radical (unpaired) electrons. The van der Waals surface area contributed by atoms with Crippen molar-refractivity contribution in [1.82, 2.24) is 0 Å². The molecule has 8 aromatic carbocycles. The van der Waals surface area contributed by atoms with E-state index in [2.05, 4.69) is 215 Å². The largest absolute Gasteiger partial charge is 0.341 e. The predicted molar refractivity (Wildman–Crippen MR) is 257 cm³/mol. The summed E-state index contributed by atoms with van der Waals surface area (Å²) in [6.07, 6.45) is 0. The Morgan fingerprint density at radius 3 is 0.964 bits per heavy atom. The Bertz CT molecular complexity index is 2640. The van der Waals surface area contributed by atoms with Crippen LogP contribution in [0.5, 0.6) is 0 Å². The summed E-state index contributed by atoms with van der Waals surface area (Å²) in [4.78, 5) is 5.23. The molecule has 0 saturated carbocycles. The minimum absolute atomic E-state index is 0.758. The quantitative estimate of drug-likeness (QED) is 0.127. The van der Waals surface area contributed by atoms with E-state index in [0.29, 0.717) is 0 Å². The monoisotopic (exact) mass is 785 g/mol. The highest BCUT2D eigenvalue weighted by Crippen LogP contribution is 2.65. The average molecular weight is 786 g/mol. The summed E-state index contributed by atoms with van der Waals surface area (Å²) in [5.41, 5.74) is 5.37. The van der Waals surface area contributed by atoms with Gasteiger partial charge >= 0.3 is 0 Å². The molecule has 1 aliphatic rings. The molecule has 0 bridgehead atoms. The Morgan fingerprint density at radius 1 is 0.400 bits per heavy atom. The zero-order chi connectivity index (χ0) is 38.4. The molecule has 0 aromatic heterocycles. The Labute approximate surface area is 330 Å². The first kappa shape index (κ1) is 36.3. The van der Waals surface area contributed by atoms with E-state index in [9.17, 15) is 0 Å². The lowest BCUT2D eigenvalue weighted by atomic mass is 10.1. The van der Waals surface area contributed by atoms with Gasteiger partial charge in [-0.25, -0.2) is 0 Å². The summed E-state index contributed by atoms with van der Waals surface area (Å²) < 4.78 is 0. The third kappa shape index (κ3) is 5.88. The van der Waals surface area contributed by atoms with Crippen LogP contribution in [0.2, 0.25) is 39.3 Å². The normalized spacial score (nSPS) is 17.7. The fourth-order valence-corrected chi connectivity index (χ4v) is 26.8. The van der Waals surface area contributed by atoms with Gasteiger partial charge in [0.25, 0.3) is 0 Å². The number of hydrogen-bond acceptors (Lipinski definition) is 2. The van der Waals surface area contributed by atoms with Gasteiger partial charge in [0.2, 0.25) is 7.74 Å². The lowest BCUT2D eigenvalue weighted by Gasteiger charge is -2.42. The maximum absolute atomic E-state index is 2.69. The smallest absolute Gasteiger partial charge is 0.232 e. The first-order chi connectivity index (χ1) is 26.2. The van der Waals surface area contributed by atoms with E-state index in [0.717, 1.165) is 0 Å². The molecule has 0 fully saturated rings. The molecule has 1 heterocycles. The summed E-state index contributed by atoms with van der Waals surface area (Å²) >= 11 is 0. The molecule has 0 saturated heterocycles. The Morgan fingerprint density at radius 2 is 0.673 bits per heavy atom. The standard InChI is InChI=1S/C49H51N2P2Si2/c1-50-42-26-34-18-10-14-22-38(34)30-46(42)52(54(4,5)6)47-31-39-23-15-11-19-35(39)27-43(47)51(2)45-29-37-21-13-17-25-41(37)33-49(45)53(3,55(7,8)9)48-32-40-24-16-12-20-36(40)28-44(48)50/h10-33H,1-9H3/q+1. The van der Waals surface area contributed by atoms with Gasteiger partial charge in [0.15, 0.2) is 0 Å². The molecule has 6 heteroatoms. The summed E-state index contributed by atoms with van der Waals surface area (Å²) in [7, 11) is 0.0766. The molecule has 2 nitrogen and oxygen atoms in total. The number of hydrogen-bond donors (Lipinski definition) is 0. The molecule has 0 spiro atoms. The molecule has 274 valence electrons. The molecule has 0 atom stereocenters. The number of anilines is 4. The zero-order valence-corrected chi connectivity index (χ0v) is 37.4. The lowest BCUT2D eigenvalue weighted by Crippen LogP contribution is -2.43. The van der Waals surface area contributed by atoms with Crippen LogP contribution in [0.4, 0.5) is 22.7 Å². The lowest BCUT2D eigenvalue weighted by molar-refractivity contribution is 1.23. The van der Waals surface area contributed by atoms with Crippen molar-refractivity contribution in [2.24, 2.45) is 0 Å². The van der Waals surface area contributed by atoms with E-state index >= 15 is 0 Å². The van der Waals surface area contributed by atoms with Crippen LogP contribution in [0.25, 0.3) is 43.1 Å². The first-order valence-electron chi connectivity index (χ1n) is 19.5. The summed E-state index contributed by atoms with van der Waals surface area (Å²) in [5.74, 6) is 0. The second-order valence-corrected chi connectivity index (χ2v) is 42.9. The fraction of sp³-hybridized carbons (Fsp3) is 0.184. The van der Waals surface area contributed by atoms with Crippen LogP contribution in [-0.4, -0.2) is 36.2 Å². The van der Waals surface area contributed by atoms with Gasteiger partial charge in [-0.3, -0.25) is 0 Å². The highest BCUT2D eigenvalue weighted by Gasteiger charge is 2.54. The molecular formula is C49H51N2P2Si2+. The molecule has 0 aliphatic carbocycles. The predicted octanol–water partition coefficient (Wildman–Crippen LogP) is 12.8. The van der Waals surface area contributed by atoms with E-state index in [-0.39, 0.29) is 0 Å². The molecular weight excluding hydrogens is 735 g/mol. The first-order valence-corrected chi connectivity index (χ1v) is 31.8. The molecule has 1 aliphatic heterocycles. The molecule has 0 amide bonds. The van der Waals surface area contributed by atoms with Gasteiger partial charge in [0.1, 0.15) is 10.6 Å². The minimum atomic E-state index is -2.06. The van der Waals surface area contributed by atoms with E-state index in [1.807, 2.05) is 0 Å². The van der Waals surface area contributed by atoms with Crippen molar-refractivity contribution in [2.75, 3.05) is 30.6 Å². The van der Waals surface area contributed by atoms with E-state index < -0.39 is 29.8 Å². The van der Waals surface area contributed by atoms with Crippen molar-refractivity contribution >= 4 is 117 Å². The van der Waals surface area contributed by atoms with Crippen molar-refractivity contribution < 1.29 is 0 Å². The third-order valence-corrected chi connectivity index (χ3v) is 35.6. The van der Waals surface area contributed by atoms with Crippen LogP contribution in [-0.2, 0) is 0 Å². The second-order valence-electron chi connectivity index (χ2n) is 17.6. The van der Waals surface area contributed by atoms with Crippen molar-refractivity contribution in [2.45, 2.75) is 39.3 Å². The molecule has 0 unspecified atom stereocenters. The molecule has 55 heavy (non-hydrogen) atoms. The van der Waals surface area contributed by atoms with Gasteiger partial charge in [0, 0.05) is 49.6 Å². The van der Waals surface area contributed by atoms with Crippen molar-refractivity contribution in [3.8, 4) is 0 Å². The van der Waals surface area contributed by atoms with Gasteiger partial charge in [-0.2, -0.15) is 0 Å². The van der Waals surface area contributed by atoms with Crippen LogP contribution in [0, 0.1) is 0 Å².